The third-order valence-electron chi connectivity index (χ3n) is 6.85. The number of ether oxygens (including phenoxy) is 1. The average Bonchev–Trinajstić information content (AvgIpc) is 2.98. The summed E-state index contributed by atoms with van der Waals surface area (Å²) in [5, 5.41) is 2.85. The Hall–Kier alpha value is -4.24. The van der Waals surface area contributed by atoms with Crippen LogP contribution >= 0.6 is 11.8 Å². The van der Waals surface area contributed by atoms with Crippen LogP contribution in [0.5, 0.6) is 0 Å². The zero-order valence-corrected chi connectivity index (χ0v) is 24.6. The van der Waals surface area contributed by atoms with Crippen molar-refractivity contribution in [2.45, 2.75) is 32.5 Å². The van der Waals surface area contributed by atoms with Gasteiger partial charge in [-0.2, -0.15) is 11.8 Å². The Balaban J connectivity index is 1.73. The molecule has 6 nitrogen and oxygen atoms in total. The normalized spacial score (nSPS) is 11.5. The van der Waals surface area contributed by atoms with Crippen molar-refractivity contribution in [1.29, 1.82) is 0 Å². The number of hydrogen-bond donors (Lipinski definition) is 1. The highest BCUT2D eigenvalue weighted by atomic mass is 32.2. The number of amides is 1. The number of nitrogens with one attached hydrogen (secondary N) is 1. The molecule has 0 aliphatic rings. The van der Waals surface area contributed by atoms with Crippen LogP contribution in [0.4, 0.5) is 14.5 Å². The molecule has 1 heterocycles. The Labute approximate surface area is 249 Å². The second kappa shape index (κ2) is 14.6. The third kappa shape index (κ3) is 7.94. The first-order valence-electron chi connectivity index (χ1n) is 13.5. The van der Waals surface area contributed by atoms with Crippen LogP contribution in [0.3, 0.4) is 0 Å². The van der Waals surface area contributed by atoms with Crippen molar-refractivity contribution >= 4 is 29.3 Å². The van der Waals surface area contributed by atoms with E-state index in [0.29, 0.717) is 42.1 Å². The molecule has 1 unspecified atom stereocenters. The minimum Gasteiger partial charge on any atom is -0.467 e. The van der Waals surface area contributed by atoms with Crippen LogP contribution in [-0.2, 0) is 22.6 Å². The van der Waals surface area contributed by atoms with Gasteiger partial charge < -0.3 is 15.0 Å². The Kier molecular flexibility index (Phi) is 10.7. The van der Waals surface area contributed by atoms with E-state index in [0.717, 1.165) is 28.3 Å². The molecule has 1 aromatic heterocycles. The number of hydrogen-bond acceptors (Lipinski definition) is 6. The number of benzene rings is 3. The molecule has 1 atom stereocenters. The van der Waals surface area contributed by atoms with Gasteiger partial charge >= 0.3 is 5.97 Å². The van der Waals surface area contributed by atoms with Crippen molar-refractivity contribution in [3.8, 4) is 11.1 Å². The largest absolute Gasteiger partial charge is 0.467 e. The second-order valence-electron chi connectivity index (χ2n) is 9.87. The molecule has 0 aliphatic carbocycles. The summed E-state index contributed by atoms with van der Waals surface area (Å²) in [5.74, 6) is -1.56. The maximum Gasteiger partial charge on any atom is 0.328 e. The molecule has 4 rings (SSSR count). The summed E-state index contributed by atoms with van der Waals surface area (Å²) in [6, 6.07) is 19.5. The summed E-state index contributed by atoms with van der Waals surface area (Å²) in [5.41, 5.74) is 4.99. The molecule has 3 aromatic carbocycles. The SMILES string of the molecule is COC(=O)C(CCSC)NC(=O)c1ccc(CN(Cc2cccnc2)c2cc(F)cc(F)c2)cc1-c1ccccc1C. The zero-order valence-electron chi connectivity index (χ0n) is 23.8. The standard InChI is InChI=1S/C33H33F2N3O3S/c1-22-7-4-5-9-28(22)30-15-23(10-11-29(30)32(39)37-31(12-14-42-3)33(40)41-2)20-38(21-24-8-6-13-36-19-24)27-17-25(34)16-26(35)18-27/h4-11,13,15-19,31H,12,14,20-21H2,1-3H3,(H,37,39). The molecule has 0 saturated heterocycles. The number of methoxy groups -OCH3 is 1. The lowest BCUT2D eigenvalue weighted by Gasteiger charge is -2.26. The van der Waals surface area contributed by atoms with Crippen molar-refractivity contribution in [2.75, 3.05) is 24.0 Å². The van der Waals surface area contributed by atoms with Gasteiger partial charge in [0.25, 0.3) is 5.91 Å². The third-order valence-corrected chi connectivity index (χ3v) is 7.49. The van der Waals surface area contributed by atoms with E-state index in [1.807, 2.05) is 66.6 Å². The van der Waals surface area contributed by atoms with Crippen molar-refractivity contribution in [3.05, 3.63) is 119 Å². The maximum atomic E-state index is 14.2. The highest BCUT2D eigenvalue weighted by Gasteiger charge is 2.24. The van der Waals surface area contributed by atoms with Gasteiger partial charge in [0.2, 0.25) is 0 Å². The van der Waals surface area contributed by atoms with Crippen LogP contribution in [0, 0.1) is 18.6 Å². The van der Waals surface area contributed by atoms with Gasteiger partial charge in [-0.05, 0) is 83.5 Å². The van der Waals surface area contributed by atoms with E-state index in [1.54, 1.807) is 30.2 Å². The van der Waals surface area contributed by atoms with Crippen LogP contribution in [0.25, 0.3) is 11.1 Å². The van der Waals surface area contributed by atoms with Gasteiger partial charge in [0, 0.05) is 42.8 Å². The molecule has 1 amide bonds. The number of pyridine rings is 1. The fraction of sp³-hybridized carbons (Fsp3) is 0.242. The summed E-state index contributed by atoms with van der Waals surface area (Å²) in [6.45, 7) is 2.62. The van der Waals surface area contributed by atoms with Crippen LogP contribution < -0.4 is 10.2 Å². The van der Waals surface area contributed by atoms with Gasteiger partial charge in [-0.3, -0.25) is 9.78 Å². The lowest BCUT2D eigenvalue weighted by Crippen LogP contribution is -2.42. The lowest BCUT2D eigenvalue weighted by atomic mass is 9.93. The van der Waals surface area contributed by atoms with E-state index >= 15 is 0 Å². The Morgan fingerprint density at radius 3 is 2.36 bits per heavy atom. The molecule has 0 radical (unpaired) electrons. The highest BCUT2D eigenvalue weighted by molar-refractivity contribution is 7.98. The molecule has 0 spiro atoms. The number of aryl methyl sites for hydroxylation is 1. The number of halogens is 2. The number of carbonyl (C=O) groups is 2. The predicted molar refractivity (Wildman–Crippen MR) is 163 cm³/mol. The number of aromatic nitrogens is 1. The zero-order chi connectivity index (χ0) is 30.1. The lowest BCUT2D eigenvalue weighted by molar-refractivity contribution is -0.142. The summed E-state index contributed by atoms with van der Waals surface area (Å²) in [6.07, 6.45) is 5.75. The molecular weight excluding hydrogens is 556 g/mol. The molecular formula is C33H33F2N3O3S. The molecule has 4 aromatic rings. The quantitative estimate of drug-likeness (QED) is 0.189. The second-order valence-corrected chi connectivity index (χ2v) is 10.9. The van der Waals surface area contributed by atoms with Crippen LogP contribution in [0.15, 0.2) is 85.2 Å². The Morgan fingerprint density at radius 2 is 1.69 bits per heavy atom. The minimum atomic E-state index is -0.780. The van der Waals surface area contributed by atoms with E-state index in [2.05, 4.69) is 10.3 Å². The molecule has 0 bridgehead atoms. The van der Waals surface area contributed by atoms with Crippen molar-refractivity contribution in [3.63, 3.8) is 0 Å². The molecule has 0 aliphatic heterocycles. The summed E-state index contributed by atoms with van der Waals surface area (Å²) in [7, 11) is 1.30. The Bertz CT molecular complexity index is 1510. The molecule has 218 valence electrons. The van der Waals surface area contributed by atoms with Crippen molar-refractivity contribution in [2.24, 2.45) is 0 Å². The number of esters is 1. The minimum absolute atomic E-state index is 0.303. The number of rotatable bonds is 12. The monoisotopic (exact) mass is 589 g/mol. The van der Waals surface area contributed by atoms with E-state index in [9.17, 15) is 18.4 Å². The van der Waals surface area contributed by atoms with Crippen molar-refractivity contribution < 1.29 is 23.1 Å². The van der Waals surface area contributed by atoms with E-state index in [1.165, 1.54) is 19.2 Å². The first-order valence-corrected chi connectivity index (χ1v) is 14.8. The van der Waals surface area contributed by atoms with E-state index in [-0.39, 0.29) is 0 Å². The van der Waals surface area contributed by atoms with Gasteiger partial charge in [0.05, 0.1) is 7.11 Å². The predicted octanol–water partition coefficient (Wildman–Crippen LogP) is 6.57. The smallest absolute Gasteiger partial charge is 0.328 e. The summed E-state index contributed by atoms with van der Waals surface area (Å²) in [4.78, 5) is 32.0. The molecule has 9 heteroatoms. The molecule has 42 heavy (non-hydrogen) atoms. The average molecular weight is 590 g/mol. The van der Waals surface area contributed by atoms with Gasteiger partial charge in [-0.1, -0.05) is 36.4 Å². The van der Waals surface area contributed by atoms with Crippen molar-refractivity contribution in [1.82, 2.24) is 10.3 Å². The van der Waals surface area contributed by atoms with Crippen LogP contribution in [-0.4, -0.2) is 42.0 Å². The van der Waals surface area contributed by atoms with Gasteiger partial charge in [-0.25, -0.2) is 13.6 Å². The first-order chi connectivity index (χ1) is 20.3. The fourth-order valence-electron chi connectivity index (χ4n) is 4.74. The topological polar surface area (TPSA) is 71.5 Å². The van der Waals surface area contributed by atoms with Gasteiger partial charge in [0.1, 0.15) is 17.7 Å². The number of carbonyl (C=O) groups excluding carboxylic acids is 2. The maximum absolute atomic E-state index is 14.2. The van der Waals surface area contributed by atoms with Gasteiger partial charge in [0.15, 0.2) is 0 Å². The Morgan fingerprint density at radius 1 is 0.952 bits per heavy atom. The number of thioether (sulfide) groups is 1. The first kappa shape index (κ1) is 30.7. The molecule has 0 fully saturated rings. The number of anilines is 1. The van der Waals surface area contributed by atoms with Gasteiger partial charge in [-0.15, -0.1) is 0 Å². The number of nitrogens with zero attached hydrogens (tertiary/aromatic N) is 2. The molecule has 1 N–H and O–H groups in total. The fourth-order valence-corrected chi connectivity index (χ4v) is 5.21. The highest BCUT2D eigenvalue weighted by Crippen LogP contribution is 2.30. The summed E-state index contributed by atoms with van der Waals surface area (Å²) >= 11 is 1.58. The van der Waals surface area contributed by atoms with Crippen LogP contribution in [0.2, 0.25) is 0 Å². The summed E-state index contributed by atoms with van der Waals surface area (Å²) < 4.78 is 33.4. The van der Waals surface area contributed by atoms with Crippen LogP contribution in [0.1, 0.15) is 33.5 Å². The van der Waals surface area contributed by atoms with E-state index in [4.69, 9.17) is 4.74 Å². The molecule has 0 saturated carbocycles. The van der Waals surface area contributed by atoms with E-state index < -0.39 is 29.6 Å².